The maximum atomic E-state index is 13.7. The predicted octanol–water partition coefficient (Wildman–Crippen LogP) is 3.71. The summed E-state index contributed by atoms with van der Waals surface area (Å²) >= 11 is 0. The number of terminal acetylenes is 1. The summed E-state index contributed by atoms with van der Waals surface area (Å²) in [7, 11) is 0. The maximum Gasteiger partial charge on any atom is 0.287 e. The molecule has 1 amide bonds. The van der Waals surface area contributed by atoms with Crippen LogP contribution in [0.1, 0.15) is 35.4 Å². The lowest BCUT2D eigenvalue weighted by atomic mass is 10.0. The molecule has 0 saturated carbocycles. The van der Waals surface area contributed by atoms with E-state index in [1.807, 2.05) is 0 Å². The standard InChI is InChI=1S/C17H15F2N3O2/c1-3-4-5-17(21-22-17)6-7-20-16(23)14-10(2)12-8-11(18)9-13(19)15(12)24-14/h1,8-9H,4-7H2,2H3,(H,20,23). The van der Waals surface area contributed by atoms with Gasteiger partial charge in [-0.2, -0.15) is 10.2 Å². The second kappa shape index (κ2) is 6.04. The molecule has 1 aliphatic heterocycles. The average molecular weight is 331 g/mol. The van der Waals surface area contributed by atoms with Gasteiger partial charge in [0.2, 0.25) is 0 Å². The summed E-state index contributed by atoms with van der Waals surface area (Å²) in [6.45, 7) is 1.91. The summed E-state index contributed by atoms with van der Waals surface area (Å²) in [6.07, 6.45) is 6.96. The first kappa shape index (κ1) is 16.1. The van der Waals surface area contributed by atoms with Gasteiger partial charge >= 0.3 is 0 Å². The predicted molar refractivity (Wildman–Crippen MR) is 83.5 cm³/mol. The third-order valence-electron chi connectivity index (χ3n) is 4.03. The molecule has 0 unspecified atom stereocenters. The zero-order valence-electron chi connectivity index (χ0n) is 13.0. The van der Waals surface area contributed by atoms with Crippen LogP contribution in [0.4, 0.5) is 8.78 Å². The average Bonchev–Trinajstić information content (AvgIpc) is 3.23. The first-order valence-corrected chi connectivity index (χ1v) is 7.50. The van der Waals surface area contributed by atoms with Crippen LogP contribution < -0.4 is 5.32 Å². The van der Waals surface area contributed by atoms with E-state index < -0.39 is 23.2 Å². The Morgan fingerprint density at radius 2 is 2.12 bits per heavy atom. The number of benzene rings is 1. The molecule has 1 aromatic heterocycles. The molecule has 3 rings (SSSR count). The van der Waals surface area contributed by atoms with Gasteiger partial charge in [0.25, 0.3) is 5.91 Å². The zero-order chi connectivity index (χ0) is 17.3. The quantitative estimate of drug-likeness (QED) is 0.820. The van der Waals surface area contributed by atoms with E-state index in [4.69, 9.17) is 10.8 Å². The Hall–Kier alpha value is -2.75. The molecule has 24 heavy (non-hydrogen) atoms. The normalized spacial score (nSPS) is 14.6. The minimum absolute atomic E-state index is 0.0307. The van der Waals surface area contributed by atoms with Gasteiger partial charge < -0.3 is 9.73 Å². The highest BCUT2D eigenvalue weighted by atomic mass is 19.1. The molecule has 7 heteroatoms. The highest BCUT2D eigenvalue weighted by Crippen LogP contribution is 2.36. The topological polar surface area (TPSA) is 67.0 Å². The Balaban J connectivity index is 1.68. The van der Waals surface area contributed by atoms with Crippen LogP contribution >= 0.6 is 0 Å². The second-order valence-corrected chi connectivity index (χ2v) is 5.71. The SMILES string of the molecule is C#CCCC1(CCNC(=O)c2oc3c(F)cc(F)cc3c2C)N=N1. The van der Waals surface area contributed by atoms with Gasteiger partial charge in [0.1, 0.15) is 5.82 Å². The number of nitrogens with one attached hydrogen (secondary N) is 1. The number of hydrogen-bond donors (Lipinski definition) is 1. The summed E-state index contributed by atoms with van der Waals surface area (Å²) in [4.78, 5) is 12.2. The molecule has 0 aliphatic carbocycles. The lowest BCUT2D eigenvalue weighted by molar-refractivity contribution is 0.0925. The molecule has 0 bridgehead atoms. The number of carbonyl (C=O) groups is 1. The number of halogens is 2. The van der Waals surface area contributed by atoms with Crippen molar-refractivity contribution in [2.75, 3.05) is 6.54 Å². The first-order valence-electron chi connectivity index (χ1n) is 7.50. The molecule has 0 spiro atoms. The first-order chi connectivity index (χ1) is 11.5. The minimum Gasteiger partial charge on any atom is -0.448 e. The smallest absolute Gasteiger partial charge is 0.287 e. The minimum atomic E-state index is -0.837. The molecule has 2 heterocycles. The molecule has 0 fully saturated rings. The van der Waals surface area contributed by atoms with E-state index in [1.54, 1.807) is 6.92 Å². The number of nitrogens with zero attached hydrogens (tertiary/aromatic N) is 2. The van der Waals surface area contributed by atoms with Crippen molar-refractivity contribution in [3.63, 3.8) is 0 Å². The molecule has 1 aliphatic rings. The van der Waals surface area contributed by atoms with Crippen molar-refractivity contribution >= 4 is 16.9 Å². The van der Waals surface area contributed by atoms with Crippen molar-refractivity contribution in [3.8, 4) is 12.3 Å². The molecule has 0 radical (unpaired) electrons. The van der Waals surface area contributed by atoms with Crippen LogP contribution in [0, 0.1) is 30.9 Å². The van der Waals surface area contributed by atoms with E-state index in [0.29, 0.717) is 31.4 Å². The van der Waals surface area contributed by atoms with E-state index in [2.05, 4.69) is 21.5 Å². The van der Waals surface area contributed by atoms with Gasteiger partial charge in [0.05, 0.1) is 0 Å². The number of rotatable bonds is 6. The van der Waals surface area contributed by atoms with Gasteiger partial charge in [-0.1, -0.05) is 0 Å². The van der Waals surface area contributed by atoms with Crippen molar-refractivity contribution in [3.05, 3.63) is 35.1 Å². The van der Waals surface area contributed by atoms with Gasteiger partial charge in [-0.25, -0.2) is 8.78 Å². The van der Waals surface area contributed by atoms with Crippen LogP contribution in [0.5, 0.6) is 0 Å². The fourth-order valence-corrected chi connectivity index (χ4v) is 2.58. The van der Waals surface area contributed by atoms with Crippen LogP contribution in [0.25, 0.3) is 11.0 Å². The van der Waals surface area contributed by atoms with Crippen molar-refractivity contribution in [2.45, 2.75) is 31.8 Å². The molecule has 1 aromatic carbocycles. The molecule has 0 saturated heterocycles. The van der Waals surface area contributed by atoms with Crippen LogP contribution in [0.15, 0.2) is 26.8 Å². The second-order valence-electron chi connectivity index (χ2n) is 5.71. The van der Waals surface area contributed by atoms with E-state index in [0.717, 1.165) is 12.1 Å². The van der Waals surface area contributed by atoms with Crippen molar-refractivity contribution in [2.24, 2.45) is 10.2 Å². The monoisotopic (exact) mass is 331 g/mol. The molecule has 1 N–H and O–H groups in total. The number of fused-ring (bicyclic) bond motifs is 1. The van der Waals surface area contributed by atoms with E-state index in [1.165, 1.54) is 0 Å². The van der Waals surface area contributed by atoms with Gasteiger partial charge in [-0.15, -0.1) is 12.3 Å². The third-order valence-corrected chi connectivity index (χ3v) is 4.03. The van der Waals surface area contributed by atoms with Gasteiger partial charge in [-0.05, 0) is 13.0 Å². The Labute approximate surface area is 137 Å². The Bertz CT molecular complexity index is 874. The highest BCUT2D eigenvalue weighted by Gasteiger charge is 2.38. The van der Waals surface area contributed by atoms with Crippen LogP contribution in [0.3, 0.4) is 0 Å². The van der Waals surface area contributed by atoms with Crippen LogP contribution in [-0.2, 0) is 0 Å². The maximum absolute atomic E-state index is 13.7. The summed E-state index contributed by atoms with van der Waals surface area (Å²) in [5.41, 5.74) is -0.224. The summed E-state index contributed by atoms with van der Waals surface area (Å²) in [6, 6.07) is 1.86. The van der Waals surface area contributed by atoms with Crippen molar-refractivity contribution < 1.29 is 18.0 Å². The lowest BCUT2D eigenvalue weighted by Gasteiger charge is -2.09. The highest BCUT2D eigenvalue weighted by molar-refractivity contribution is 5.99. The molecule has 2 aromatic rings. The molecular weight excluding hydrogens is 316 g/mol. The number of carbonyl (C=O) groups excluding carboxylic acids is 1. The van der Waals surface area contributed by atoms with Gasteiger partial charge in [-0.3, -0.25) is 4.79 Å². The fourth-order valence-electron chi connectivity index (χ4n) is 2.58. The van der Waals surface area contributed by atoms with Crippen LogP contribution in [-0.4, -0.2) is 18.1 Å². The number of furan rings is 1. The Kier molecular flexibility index (Phi) is 4.06. The molecule has 5 nitrogen and oxygen atoms in total. The number of hydrogen-bond acceptors (Lipinski definition) is 4. The van der Waals surface area contributed by atoms with E-state index >= 15 is 0 Å². The molecule has 0 atom stereocenters. The molecular formula is C17H15F2N3O2. The molecule has 124 valence electrons. The van der Waals surface area contributed by atoms with Crippen LogP contribution in [0.2, 0.25) is 0 Å². The number of aryl methyl sites for hydroxylation is 1. The van der Waals surface area contributed by atoms with E-state index in [9.17, 15) is 13.6 Å². The zero-order valence-corrected chi connectivity index (χ0v) is 13.0. The summed E-state index contributed by atoms with van der Waals surface area (Å²) in [5, 5.41) is 10.9. The Morgan fingerprint density at radius 1 is 1.38 bits per heavy atom. The fraction of sp³-hybridized carbons (Fsp3) is 0.353. The lowest BCUT2D eigenvalue weighted by Crippen LogP contribution is -2.28. The summed E-state index contributed by atoms with van der Waals surface area (Å²) in [5.74, 6) is 0.456. The van der Waals surface area contributed by atoms with Gasteiger partial charge in [0.15, 0.2) is 22.8 Å². The third kappa shape index (κ3) is 3.00. The van der Waals surface area contributed by atoms with Crippen molar-refractivity contribution in [1.82, 2.24) is 5.32 Å². The van der Waals surface area contributed by atoms with Gasteiger partial charge in [0, 0.05) is 42.8 Å². The largest absolute Gasteiger partial charge is 0.448 e. The summed E-state index contributed by atoms with van der Waals surface area (Å²) < 4.78 is 32.3. The van der Waals surface area contributed by atoms with Crippen molar-refractivity contribution in [1.29, 1.82) is 0 Å². The van der Waals surface area contributed by atoms with E-state index in [-0.39, 0.29) is 16.7 Å². The Morgan fingerprint density at radius 3 is 2.79 bits per heavy atom. The number of amides is 1.